The zero-order chi connectivity index (χ0) is 15.5. The number of hydrogen-bond acceptors (Lipinski definition) is 4. The minimum absolute atomic E-state index is 0.0201. The third-order valence-electron chi connectivity index (χ3n) is 3.67. The fourth-order valence-electron chi connectivity index (χ4n) is 2.42. The SMILES string of the molecule is CCCCNCC1COc2cc(O)c(C(C)(C)C)cc2O1. The van der Waals surface area contributed by atoms with Gasteiger partial charge in [0.2, 0.25) is 0 Å². The third kappa shape index (κ3) is 4.03. The van der Waals surface area contributed by atoms with Crippen molar-refractivity contribution in [2.45, 2.75) is 52.1 Å². The molecule has 4 heteroatoms. The number of unbranched alkanes of at least 4 members (excludes halogenated alkanes) is 1. The summed E-state index contributed by atoms with van der Waals surface area (Å²) in [6.07, 6.45) is 2.38. The van der Waals surface area contributed by atoms with E-state index in [4.69, 9.17) is 9.47 Å². The Morgan fingerprint density at radius 1 is 1.29 bits per heavy atom. The molecule has 0 saturated carbocycles. The Morgan fingerprint density at radius 2 is 2.05 bits per heavy atom. The molecule has 0 aliphatic carbocycles. The molecule has 1 atom stereocenters. The van der Waals surface area contributed by atoms with Gasteiger partial charge in [-0.3, -0.25) is 0 Å². The molecule has 0 radical (unpaired) electrons. The summed E-state index contributed by atoms with van der Waals surface area (Å²) in [5.41, 5.74) is 0.749. The predicted molar refractivity (Wildman–Crippen MR) is 84.5 cm³/mol. The Balaban J connectivity index is 2.05. The Labute approximate surface area is 127 Å². The van der Waals surface area contributed by atoms with E-state index in [0.717, 1.165) is 24.4 Å². The Kier molecular flexibility index (Phi) is 4.99. The highest BCUT2D eigenvalue weighted by Gasteiger charge is 2.26. The van der Waals surface area contributed by atoms with Gasteiger partial charge in [-0.1, -0.05) is 34.1 Å². The monoisotopic (exact) mass is 293 g/mol. The summed E-state index contributed by atoms with van der Waals surface area (Å²) in [4.78, 5) is 0. The van der Waals surface area contributed by atoms with Crippen LogP contribution in [0.3, 0.4) is 0 Å². The average Bonchev–Trinajstić information content (AvgIpc) is 2.42. The van der Waals surface area contributed by atoms with E-state index in [2.05, 4.69) is 33.0 Å². The number of phenols is 1. The van der Waals surface area contributed by atoms with Crippen molar-refractivity contribution in [3.63, 3.8) is 0 Å². The summed E-state index contributed by atoms with van der Waals surface area (Å²) >= 11 is 0. The van der Waals surface area contributed by atoms with E-state index in [0.29, 0.717) is 12.4 Å². The highest BCUT2D eigenvalue weighted by atomic mass is 16.6. The van der Waals surface area contributed by atoms with Gasteiger partial charge in [0.05, 0.1) is 0 Å². The molecule has 0 bridgehead atoms. The molecule has 1 aliphatic rings. The van der Waals surface area contributed by atoms with Crippen LogP contribution in [0.2, 0.25) is 0 Å². The van der Waals surface area contributed by atoms with Crippen LogP contribution in [0.25, 0.3) is 0 Å². The number of ether oxygens (including phenoxy) is 2. The van der Waals surface area contributed by atoms with E-state index < -0.39 is 0 Å². The van der Waals surface area contributed by atoms with Crippen molar-refractivity contribution < 1.29 is 14.6 Å². The molecule has 1 heterocycles. The zero-order valence-corrected chi connectivity index (χ0v) is 13.5. The van der Waals surface area contributed by atoms with Crippen molar-refractivity contribution in [3.05, 3.63) is 17.7 Å². The molecule has 0 amide bonds. The minimum atomic E-state index is -0.130. The van der Waals surface area contributed by atoms with Crippen molar-refractivity contribution >= 4 is 0 Å². The number of nitrogens with one attached hydrogen (secondary N) is 1. The number of aromatic hydroxyl groups is 1. The van der Waals surface area contributed by atoms with Crippen LogP contribution in [-0.2, 0) is 5.41 Å². The number of rotatable bonds is 5. The number of fused-ring (bicyclic) bond motifs is 1. The van der Waals surface area contributed by atoms with Crippen LogP contribution in [0.4, 0.5) is 0 Å². The molecule has 0 spiro atoms. The number of hydrogen-bond donors (Lipinski definition) is 2. The van der Waals surface area contributed by atoms with E-state index in [1.54, 1.807) is 6.07 Å². The second kappa shape index (κ2) is 6.56. The lowest BCUT2D eigenvalue weighted by Crippen LogP contribution is -2.38. The van der Waals surface area contributed by atoms with Crippen LogP contribution in [0.15, 0.2) is 12.1 Å². The van der Waals surface area contributed by atoms with Gasteiger partial charge in [-0.15, -0.1) is 0 Å². The summed E-state index contributed by atoms with van der Waals surface area (Å²) in [6, 6.07) is 3.57. The van der Waals surface area contributed by atoms with Crippen molar-refractivity contribution in [2.75, 3.05) is 19.7 Å². The Morgan fingerprint density at radius 3 is 2.71 bits per heavy atom. The summed E-state index contributed by atoms with van der Waals surface area (Å²) in [6.45, 7) is 10.7. The molecule has 1 unspecified atom stereocenters. The summed E-state index contributed by atoms with van der Waals surface area (Å²) < 4.78 is 11.7. The molecule has 0 aromatic heterocycles. The summed E-state index contributed by atoms with van der Waals surface area (Å²) in [5.74, 6) is 1.63. The zero-order valence-electron chi connectivity index (χ0n) is 13.5. The van der Waals surface area contributed by atoms with Crippen molar-refractivity contribution in [2.24, 2.45) is 0 Å². The first-order valence-electron chi connectivity index (χ1n) is 7.79. The van der Waals surface area contributed by atoms with Gasteiger partial charge < -0.3 is 19.9 Å². The second-order valence-corrected chi connectivity index (χ2v) is 6.67. The molecular weight excluding hydrogens is 266 g/mol. The maximum Gasteiger partial charge on any atom is 0.165 e. The highest BCUT2D eigenvalue weighted by Crippen LogP contribution is 2.41. The largest absolute Gasteiger partial charge is 0.508 e. The van der Waals surface area contributed by atoms with Crippen LogP contribution in [0.1, 0.15) is 46.1 Å². The number of benzene rings is 1. The molecule has 1 aromatic rings. The molecule has 0 saturated heterocycles. The molecule has 1 aromatic carbocycles. The molecule has 4 nitrogen and oxygen atoms in total. The van der Waals surface area contributed by atoms with Crippen LogP contribution < -0.4 is 14.8 Å². The minimum Gasteiger partial charge on any atom is -0.508 e. The van der Waals surface area contributed by atoms with Crippen molar-refractivity contribution in [1.82, 2.24) is 5.32 Å². The molecule has 2 rings (SSSR count). The van der Waals surface area contributed by atoms with E-state index >= 15 is 0 Å². The van der Waals surface area contributed by atoms with E-state index in [-0.39, 0.29) is 17.3 Å². The normalized spacial score (nSPS) is 17.8. The Bertz CT molecular complexity index is 480. The van der Waals surface area contributed by atoms with Gasteiger partial charge in [0.1, 0.15) is 18.5 Å². The first kappa shape index (κ1) is 16.0. The van der Waals surface area contributed by atoms with Crippen molar-refractivity contribution in [3.8, 4) is 17.2 Å². The smallest absolute Gasteiger partial charge is 0.165 e. The van der Waals surface area contributed by atoms with Crippen molar-refractivity contribution in [1.29, 1.82) is 0 Å². The van der Waals surface area contributed by atoms with Crippen LogP contribution in [0.5, 0.6) is 17.2 Å². The quantitative estimate of drug-likeness (QED) is 0.818. The molecule has 0 fully saturated rings. The number of phenolic OH excluding ortho intramolecular Hbond substituents is 1. The van der Waals surface area contributed by atoms with Gasteiger partial charge in [-0.05, 0) is 24.4 Å². The molecule has 2 N–H and O–H groups in total. The van der Waals surface area contributed by atoms with Gasteiger partial charge in [-0.25, -0.2) is 0 Å². The maximum atomic E-state index is 10.1. The predicted octanol–water partition coefficient (Wildman–Crippen LogP) is 3.22. The lowest BCUT2D eigenvalue weighted by atomic mass is 9.86. The van der Waals surface area contributed by atoms with Gasteiger partial charge in [0.25, 0.3) is 0 Å². The van der Waals surface area contributed by atoms with Gasteiger partial charge >= 0.3 is 0 Å². The first-order chi connectivity index (χ1) is 9.91. The fourth-order valence-corrected chi connectivity index (χ4v) is 2.42. The lowest BCUT2D eigenvalue weighted by molar-refractivity contribution is 0.0898. The molecule has 1 aliphatic heterocycles. The molecule has 118 valence electrons. The van der Waals surface area contributed by atoms with Gasteiger partial charge in [0, 0.05) is 18.2 Å². The standard InChI is InChI=1S/C17H27NO3/c1-5-6-7-18-10-12-11-20-15-9-14(19)13(17(2,3)4)8-16(15)21-12/h8-9,12,18-19H,5-7,10-11H2,1-4H3. The lowest BCUT2D eigenvalue weighted by Gasteiger charge is -2.29. The van der Waals surface area contributed by atoms with Gasteiger partial charge in [0.15, 0.2) is 11.5 Å². The fraction of sp³-hybridized carbons (Fsp3) is 0.647. The van der Waals surface area contributed by atoms with Gasteiger partial charge in [-0.2, -0.15) is 0 Å². The van der Waals surface area contributed by atoms with E-state index in [1.165, 1.54) is 12.8 Å². The van der Waals surface area contributed by atoms with Crippen LogP contribution in [-0.4, -0.2) is 30.9 Å². The molecule has 21 heavy (non-hydrogen) atoms. The maximum absolute atomic E-state index is 10.1. The third-order valence-corrected chi connectivity index (χ3v) is 3.67. The molecular formula is C17H27NO3. The summed E-state index contributed by atoms with van der Waals surface area (Å²) in [5, 5.41) is 13.5. The second-order valence-electron chi connectivity index (χ2n) is 6.67. The highest BCUT2D eigenvalue weighted by molar-refractivity contribution is 5.53. The summed E-state index contributed by atoms with van der Waals surface area (Å²) in [7, 11) is 0. The van der Waals surface area contributed by atoms with E-state index in [9.17, 15) is 5.11 Å². The van der Waals surface area contributed by atoms with E-state index in [1.807, 2.05) is 6.07 Å². The van der Waals surface area contributed by atoms with Crippen LogP contribution >= 0.6 is 0 Å². The Hall–Kier alpha value is -1.42. The first-order valence-corrected chi connectivity index (χ1v) is 7.79. The van der Waals surface area contributed by atoms with Crippen LogP contribution in [0, 0.1) is 0 Å². The topological polar surface area (TPSA) is 50.7 Å². The average molecular weight is 293 g/mol.